The van der Waals surface area contributed by atoms with Crippen molar-refractivity contribution in [2.45, 2.75) is 71.8 Å². The standard InChI is InChI=1S/C28H34N6O2/c1-4-25(27-30-31-32-34(27)18-24-9-6-14-36-24)33(16-21-12-10-19(2)11-13-21)17-23-15-22-8-5-7-20(3)26(22)29-28(23)35/h5,7-8,10-13,15,24-25H,4,6,9,14,16-18H2,1-3H3,(H,29,35)/t24-,25-/m0/s1. The number of fused-ring (bicyclic) bond motifs is 1. The van der Waals surface area contributed by atoms with Gasteiger partial charge in [0.2, 0.25) is 0 Å². The fourth-order valence-corrected chi connectivity index (χ4v) is 5.13. The van der Waals surface area contributed by atoms with Gasteiger partial charge in [0.25, 0.3) is 5.56 Å². The lowest BCUT2D eigenvalue weighted by atomic mass is 10.1. The second-order valence-electron chi connectivity index (χ2n) is 9.83. The maximum absolute atomic E-state index is 13.2. The fourth-order valence-electron chi connectivity index (χ4n) is 5.13. The Bertz CT molecular complexity index is 1370. The van der Waals surface area contributed by atoms with Crippen LogP contribution in [-0.2, 0) is 24.4 Å². The highest BCUT2D eigenvalue weighted by Gasteiger charge is 2.28. The average Bonchev–Trinajstić information content (AvgIpc) is 3.55. The van der Waals surface area contributed by atoms with Crippen molar-refractivity contribution in [2.24, 2.45) is 0 Å². The lowest BCUT2D eigenvalue weighted by Crippen LogP contribution is -2.33. The zero-order valence-electron chi connectivity index (χ0n) is 21.3. The highest BCUT2D eigenvalue weighted by atomic mass is 16.5. The highest BCUT2D eigenvalue weighted by molar-refractivity contribution is 5.81. The monoisotopic (exact) mass is 486 g/mol. The molecule has 4 aromatic rings. The van der Waals surface area contributed by atoms with Crippen molar-refractivity contribution in [1.29, 1.82) is 0 Å². The third-order valence-electron chi connectivity index (χ3n) is 7.13. The molecule has 0 amide bonds. The van der Waals surface area contributed by atoms with Gasteiger partial charge < -0.3 is 9.72 Å². The van der Waals surface area contributed by atoms with Gasteiger partial charge in [0, 0.05) is 25.3 Å². The quantitative estimate of drug-likeness (QED) is 0.376. The number of H-pyrrole nitrogens is 1. The summed E-state index contributed by atoms with van der Waals surface area (Å²) in [5, 5.41) is 13.8. The average molecular weight is 487 g/mol. The topological polar surface area (TPSA) is 88.9 Å². The van der Waals surface area contributed by atoms with Gasteiger partial charge in [-0.25, -0.2) is 4.68 Å². The number of pyridine rings is 1. The molecule has 188 valence electrons. The molecule has 1 N–H and O–H groups in total. The minimum atomic E-state index is -0.0599. The van der Waals surface area contributed by atoms with Crippen LogP contribution in [0.4, 0.5) is 0 Å². The van der Waals surface area contributed by atoms with Gasteiger partial charge in [0.05, 0.1) is 24.2 Å². The van der Waals surface area contributed by atoms with Gasteiger partial charge in [-0.05, 0) is 66.1 Å². The first-order chi connectivity index (χ1) is 17.5. The number of tetrazole rings is 1. The van der Waals surface area contributed by atoms with Crippen LogP contribution in [0.2, 0.25) is 0 Å². The van der Waals surface area contributed by atoms with Crippen molar-refractivity contribution >= 4 is 10.9 Å². The maximum Gasteiger partial charge on any atom is 0.252 e. The van der Waals surface area contributed by atoms with E-state index in [-0.39, 0.29) is 17.7 Å². The van der Waals surface area contributed by atoms with E-state index in [0.29, 0.717) is 19.6 Å². The molecule has 1 aliphatic rings. The van der Waals surface area contributed by atoms with Crippen molar-refractivity contribution in [3.63, 3.8) is 0 Å². The number of aromatic amines is 1. The van der Waals surface area contributed by atoms with E-state index in [1.54, 1.807) is 0 Å². The molecule has 2 atom stereocenters. The fraction of sp³-hybridized carbons (Fsp3) is 0.429. The minimum Gasteiger partial charge on any atom is -0.376 e. The number of para-hydroxylation sites is 1. The van der Waals surface area contributed by atoms with E-state index in [4.69, 9.17) is 4.74 Å². The van der Waals surface area contributed by atoms with E-state index in [1.807, 2.05) is 35.9 Å². The van der Waals surface area contributed by atoms with Gasteiger partial charge in [-0.2, -0.15) is 0 Å². The van der Waals surface area contributed by atoms with Crippen LogP contribution in [0.3, 0.4) is 0 Å². The van der Waals surface area contributed by atoms with Gasteiger partial charge >= 0.3 is 0 Å². The molecular formula is C28H34N6O2. The van der Waals surface area contributed by atoms with E-state index >= 15 is 0 Å². The van der Waals surface area contributed by atoms with Crippen LogP contribution >= 0.6 is 0 Å². The Morgan fingerprint density at radius 3 is 2.75 bits per heavy atom. The molecule has 36 heavy (non-hydrogen) atoms. The number of nitrogens with one attached hydrogen (secondary N) is 1. The Balaban J connectivity index is 1.50. The molecular weight excluding hydrogens is 452 g/mol. The molecule has 8 nitrogen and oxygen atoms in total. The van der Waals surface area contributed by atoms with Crippen molar-refractivity contribution in [3.05, 3.63) is 87.0 Å². The molecule has 2 aromatic heterocycles. The van der Waals surface area contributed by atoms with Crippen LogP contribution in [0, 0.1) is 13.8 Å². The molecule has 0 aliphatic carbocycles. The molecule has 0 saturated carbocycles. The molecule has 0 unspecified atom stereocenters. The molecule has 1 saturated heterocycles. The third kappa shape index (κ3) is 5.24. The summed E-state index contributed by atoms with van der Waals surface area (Å²) in [5.41, 5.74) is 5.04. The van der Waals surface area contributed by atoms with Crippen LogP contribution < -0.4 is 5.56 Å². The van der Waals surface area contributed by atoms with E-state index < -0.39 is 0 Å². The maximum atomic E-state index is 13.2. The van der Waals surface area contributed by atoms with Crippen molar-refractivity contribution < 1.29 is 4.74 Å². The van der Waals surface area contributed by atoms with Gasteiger partial charge in [-0.15, -0.1) is 5.10 Å². The Labute approximate surface area is 211 Å². The number of benzene rings is 2. The number of hydrogen-bond acceptors (Lipinski definition) is 6. The zero-order chi connectivity index (χ0) is 25.1. The normalized spacial score (nSPS) is 16.7. The molecule has 2 aromatic carbocycles. The van der Waals surface area contributed by atoms with Crippen LogP contribution in [0.25, 0.3) is 10.9 Å². The Morgan fingerprint density at radius 2 is 2.00 bits per heavy atom. The Kier molecular flexibility index (Phi) is 7.25. The van der Waals surface area contributed by atoms with Gasteiger partial charge in [0.1, 0.15) is 0 Å². The molecule has 0 spiro atoms. The van der Waals surface area contributed by atoms with Gasteiger partial charge in [0.15, 0.2) is 5.82 Å². The van der Waals surface area contributed by atoms with Crippen molar-refractivity contribution in [2.75, 3.05) is 6.61 Å². The minimum absolute atomic E-state index is 0.0560. The van der Waals surface area contributed by atoms with E-state index in [9.17, 15) is 4.79 Å². The highest BCUT2D eigenvalue weighted by Crippen LogP contribution is 2.27. The second-order valence-corrected chi connectivity index (χ2v) is 9.83. The number of rotatable bonds is 9. The number of hydrogen-bond donors (Lipinski definition) is 1. The summed E-state index contributed by atoms with van der Waals surface area (Å²) in [5.74, 6) is 0.813. The molecule has 3 heterocycles. The largest absolute Gasteiger partial charge is 0.376 e. The van der Waals surface area contributed by atoms with E-state index in [0.717, 1.165) is 53.7 Å². The van der Waals surface area contributed by atoms with Gasteiger partial charge in [-0.3, -0.25) is 9.69 Å². The summed E-state index contributed by atoms with van der Waals surface area (Å²) in [7, 11) is 0. The summed E-state index contributed by atoms with van der Waals surface area (Å²) in [4.78, 5) is 18.6. The predicted octanol–water partition coefficient (Wildman–Crippen LogP) is 4.46. The lowest BCUT2D eigenvalue weighted by Gasteiger charge is -2.30. The first kappa shape index (κ1) is 24.3. The first-order valence-corrected chi connectivity index (χ1v) is 12.8. The SMILES string of the molecule is CC[C@@H](c1nnnn1C[C@@H]1CCCO1)N(Cc1ccc(C)cc1)Cc1cc2cccc(C)c2[nH]c1=O. The van der Waals surface area contributed by atoms with Crippen LogP contribution in [0.15, 0.2) is 53.3 Å². The molecule has 8 heteroatoms. The molecule has 1 fully saturated rings. The summed E-state index contributed by atoms with van der Waals surface area (Å²) >= 11 is 0. The molecule has 1 aliphatic heterocycles. The first-order valence-electron chi connectivity index (χ1n) is 12.8. The summed E-state index contributed by atoms with van der Waals surface area (Å²) in [6.07, 6.45) is 3.04. The smallest absolute Gasteiger partial charge is 0.252 e. The number of aromatic nitrogens is 5. The van der Waals surface area contributed by atoms with Crippen LogP contribution in [0.1, 0.15) is 60.3 Å². The molecule has 0 radical (unpaired) electrons. The second kappa shape index (κ2) is 10.7. The number of ether oxygens (including phenoxy) is 1. The van der Waals surface area contributed by atoms with E-state index in [2.05, 4.69) is 63.5 Å². The van der Waals surface area contributed by atoms with Crippen molar-refractivity contribution in [3.8, 4) is 0 Å². The van der Waals surface area contributed by atoms with Crippen molar-refractivity contribution in [1.82, 2.24) is 30.1 Å². The summed E-state index contributed by atoms with van der Waals surface area (Å²) < 4.78 is 7.74. The number of aryl methyl sites for hydroxylation is 2. The Hall–Kier alpha value is -3.36. The summed E-state index contributed by atoms with van der Waals surface area (Å²) in [6, 6.07) is 16.6. The number of nitrogens with zero attached hydrogens (tertiary/aromatic N) is 5. The predicted molar refractivity (Wildman–Crippen MR) is 140 cm³/mol. The van der Waals surface area contributed by atoms with Gasteiger partial charge in [-0.1, -0.05) is 55.0 Å². The third-order valence-corrected chi connectivity index (χ3v) is 7.13. The zero-order valence-corrected chi connectivity index (χ0v) is 21.3. The Morgan fingerprint density at radius 1 is 1.17 bits per heavy atom. The van der Waals surface area contributed by atoms with E-state index in [1.165, 1.54) is 11.1 Å². The van der Waals surface area contributed by atoms with Crippen LogP contribution in [-0.4, -0.2) is 42.8 Å². The summed E-state index contributed by atoms with van der Waals surface area (Å²) in [6.45, 7) is 8.85. The molecule has 0 bridgehead atoms. The van der Waals surface area contributed by atoms with Crippen LogP contribution in [0.5, 0.6) is 0 Å². The molecule has 5 rings (SSSR count). The lowest BCUT2D eigenvalue weighted by molar-refractivity contribution is 0.0888.